The van der Waals surface area contributed by atoms with E-state index in [4.69, 9.17) is 37.4 Å². The van der Waals surface area contributed by atoms with E-state index >= 15 is 0 Å². The normalized spacial score (nSPS) is 14.7. The van der Waals surface area contributed by atoms with Crippen molar-refractivity contribution in [2.45, 2.75) is 33.4 Å². The monoisotopic (exact) mass is 700 g/mol. The lowest BCUT2D eigenvalue weighted by molar-refractivity contribution is -0.139. The van der Waals surface area contributed by atoms with E-state index in [2.05, 4.69) is 20.9 Å². The molecule has 1 aliphatic rings. The van der Waals surface area contributed by atoms with Gasteiger partial charge in [0.15, 0.2) is 4.80 Å². The van der Waals surface area contributed by atoms with Crippen LogP contribution in [0, 0.1) is 0 Å². The van der Waals surface area contributed by atoms with E-state index in [0.717, 1.165) is 11.1 Å². The number of ether oxygens (including phenoxy) is 3. The summed E-state index contributed by atoms with van der Waals surface area (Å²) >= 11 is 17.5. The molecule has 3 aromatic carbocycles. The fourth-order valence-corrected chi connectivity index (χ4v) is 6.94. The molecule has 7 nitrogen and oxygen atoms in total. The molecule has 1 aliphatic heterocycles. The summed E-state index contributed by atoms with van der Waals surface area (Å²) in [5.41, 5.74) is 2.61. The van der Waals surface area contributed by atoms with Gasteiger partial charge in [-0.15, -0.1) is 0 Å². The fraction of sp³-hybridized carbons (Fsp3) is 0.219. The van der Waals surface area contributed by atoms with Crippen molar-refractivity contribution in [3.05, 3.63) is 123 Å². The smallest absolute Gasteiger partial charge is 0.338 e. The average Bonchev–Trinajstić information content (AvgIpc) is 3.27. The van der Waals surface area contributed by atoms with Crippen LogP contribution in [0.3, 0.4) is 0 Å². The molecule has 0 bridgehead atoms. The minimum atomic E-state index is -0.741. The van der Waals surface area contributed by atoms with Gasteiger partial charge in [-0.3, -0.25) is 9.36 Å². The number of thiazole rings is 1. The number of esters is 1. The molecule has 1 aromatic heterocycles. The summed E-state index contributed by atoms with van der Waals surface area (Å²) in [5, 5.41) is 1.05. The van der Waals surface area contributed by atoms with E-state index in [1.165, 1.54) is 15.9 Å². The highest BCUT2D eigenvalue weighted by molar-refractivity contribution is 9.10. The van der Waals surface area contributed by atoms with Crippen molar-refractivity contribution < 1.29 is 19.0 Å². The standard InChI is InChI=1S/C32H27BrCl2N2O5S/c1-4-40-23-12-10-19(11-13-23)28-27(31(39)41-5-2)18(3)36-32-37(28)30(38)26(43-32)15-21-14-22(34)16-24(33)29(21)42-17-20-8-6-7-9-25(20)35/h6-16,28H,4-5,17H2,1-3H3/b26-15-/t28-/m1/s1. The quantitative estimate of drug-likeness (QED) is 0.179. The van der Waals surface area contributed by atoms with Crippen molar-refractivity contribution in [1.29, 1.82) is 0 Å². The van der Waals surface area contributed by atoms with Gasteiger partial charge >= 0.3 is 5.97 Å². The summed E-state index contributed by atoms with van der Waals surface area (Å²) in [6.07, 6.45) is 1.72. The summed E-state index contributed by atoms with van der Waals surface area (Å²) in [6.45, 7) is 6.32. The number of halogens is 3. The number of carbonyl (C=O) groups is 1. The highest BCUT2D eigenvalue weighted by atomic mass is 79.9. The number of rotatable bonds is 9. The van der Waals surface area contributed by atoms with E-state index in [9.17, 15) is 9.59 Å². The van der Waals surface area contributed by atoms with Gasteiger partial charge < -0.3 is 14.2 Å². The van der Waals surface area contributed by atoms with E-state index in [0.29, 0.717) is 58.8 Å². The van der Waals surface area contributed by atoms with Crippen molar-refractivity contribution >= 4 is 62.5 Å². The van der Waals surface area contributed by atoms with Gasteiger partial charge in [0.25, 0.3) is 5.56 Å². The maximum absolute atomic E-state index is 14.1. The minimum absolute atomic E-state index is 0.191. The van der Waals surface area contributed by atoms with Gasteiger partial charge in [-0.1, -0.05) is 64.9 Å². The summed E-state index contributed by atoms with van der Waals surface area (Å²) in [4.78, 5) is 32.4. The Labute approximate surface area is 270 Å². The van der Waals surface area contributed by atoms with Gasteiger partial charge in [-0.05, 0) is 78.7 Å². The van der Waals surface area contributed by atoms with Crippen molar-refractivity contribution in [1.82, 2.24) is 4.57 Å². The SMILES string of the molecule is CCOC(=O)C1=C(C)N=c2s/c(=C\c3cc(Cl)cc(Br)c3OCc3ccccc3Cl)c(=O)n2[C@@H]1c1ccc(OCC)cc1. The lowest BCUT2D eigenvalue weighted by Gasteiger charge is -2.24. The average molecular weight is 702 g/mol. The molecule has 2 heterocycles. The first-order valence-electron chi connectivity index (χ1n) is 13.5. The molecule has 0 N–H and O–H groups in total. The molecular weight excluding hydrogens is 675 g/mol. The Morgan fingerprint density at radius 3 is 2.51 bits per heavy atom. The first-order chi connectivity index (χ1) is 20.7. The lowest BCUT2D eigenvalue weighted by Crippen LogP contribution is -2.39. The largest absolute Gasteiger partial charge is 0.494 e. The molecule has 0 saturated heterocycles. The number of carbonyl (C=O) groups excluding carboxylic acids is 1. The third-order valence-electron chi connectivity index (χ3n) is 6.68. The molecule has 0 radical (unpaired) electrons. The summed E-state index contributed by atoms with van der Waals surface area (Å²) < 4.78 is 19.7. The number of nitrogens with zero attached hydrogens (tertiary/aromatic N) is 2. The summed E-state index contributed by atoms with van der Waals surface area (Å²) in [6, 6.07) is 17.5. The summed E-state index contributed by atoms with van der Waals surface area (Å²) in [7, 11) is 0. The molecule has 0 saturated carbocycles. The zero-order chi connectivity index (χ0) is 30.7. The Morgan fingerprint density at radius 2 is 1.81 bits per heavy atom. The zero-order valence-electron chi connectivity index (χ0n) is 23.5. The molecule has 11 heteroatoms. The molecule has 0 fully saturated rings. The Bertz CT molecular complexity index is 1900. The molecule has 0 amide bonds. The van der Waals surface area contributed by atoms with Crippen molar-refractivity contribution in [3.8, 4) is 11.5 Å². The van der Waals surface area contributed by atoms with E-state index < -0.39 is 12.0 Å². The van der Waals surface area contributed by atoms with Crippen LogP contribution in [0.4, 0.5) is 0 Å². The van der Waals surface area contributed by atoms with Crippen LogP contribution in [-0.4, -0.2) is 23.8 Å². The zero-order valence-corrected chi connectivity index (χ0v) is 27.4. The molecule has 4 aromatic rings. The second kappa shape index (κ2) is 13.5. The lowest BCUT2D eigenvalue weighted by atomic mass is 9.96. The highest BCUT2D eigenvalue weighted by Crippen LogP contribution is 2.35. The molecule has 43 heavy (non-hydrogen) atoms. The van der Waals surface area contributed by atoms with E-state index in [-0.39, 0.29) is 18.8 Å². The van der Waals surface area contributed by atoms with Crippen molar-refractivity contribution in [2.75, 3.05) is 13.2 Å². The molecule has 5 rings (SSSR count). The Hall–Kier alpha value is -3.37. The second-order valence-electron chi connectivity index (χ2n) is 9.49. The van der Waals surface area contributed by atoms with Gasteiger partial charge in [0.05, 0.1) is 39.5 Å². The molecular formula is C32H27BrCl2N2O5S. The van der Waals surface area contributed by atoms with Crippen LogP contribution < -0.4 is 24.4 Å². The van der Waals surface area contributed by atoms with Gasteiger partial charge in [0.2, 0.25) is 0 Å². The number of hydrogen-bond acceptors (Lipinski definition) is 7. The van der Waals surface area contributed by atoms with Crippen LogP contribution in [0.25, 0.3) is 6.08 Å². The van der Waals surface area contributed by atoms with Gasteiger partial charge in [0.1, 0.15) is 18.1 Å². The highest BCUT2D eigenvalue weighted by Gasteiger charge is 2.33. The number of allylic oxidation sites excluding steroid dienone is 1. The number of fused-ring (bicyclic) bond motifs is 1. The minimum Gasteiger partial charge on any atom is -0.494 e. The number of benzene rings is 3. The number of hydrogen-bond donors (Lipinski definition) is 0. The van der Waals surface area contributed by atoms with Crippen molar-refractivity contribution in [2.24, 2.45) is 4.99 Å². The Balaban J connectivity index is 1.64. The van der Waals surface area contributed by atoms with Crippen LogP contribution in [0.5, 0.6) is 11.5 Å². The maximum atomic E-state index is 14.1. The first-order valence-corrected chi connectivity index (χ1v) is 15.9. The molecule has 0 aliphatic carbocycles. The van der Waals surface area contributed by atoms with Crippen LogP contribution in [-0.2, 0) is 16.1 Å². The molecule has 0 unspecified atom stereocenters. The Kier molecular flexibility index (Phi) is 9.76. The van der Waals surface area contributed by atoms with Crippen LogP contribution in [0.1, 0.15) is 43.5 Å². The third kappa shape index (κ3) is 6.60. The van der Waals surface area contributed by atoms with E-state index in [1.807, 2.05) is 49.4 Å². The number of aromatic nitrogens is 1. The van der Waals surface area contributed by atoms with E-state index in [1.54, 1.807) is 38.1 Å². The molecule has 0 spiro atoms. The second-order valence-corrected chi connectivity index (χ2v) is 12.2. The van der Waals surface area contributed by atoms with Crippen LogP contribution in [0.2, 0.25) is 10.0 Å². The third-order valence-corrected chi connectivity index (χ3v) is 8.84. The van der Waals surface area contributed by atoms with Crippen LogP contribution >= 0.6 is 50.5 Å². The van der Waals surface area contributed by atoms with Gasteiger partial charge in [0, 0.05) is 21.2 Å². The molecule has 1 atom stereocenters. The van der Waals surface area contributed by atoms with Crippen LogP contribution in [0.15, 0.2) is 86.2 Å². The Morgan fingerprint density at radius 1 is 1.07 bits per heavy atom. The predicted molar refractivity (Wildman–Crippen MR) is 173 cm³/mol. The fourth-order valence-electron chi connectivity index (χ4n) is 4.77. The van der Waals surface area contributed by atoms with Crippen molar-refractivity contribution in [3.63, 3.8) is 0 Å². The first kappa shape index (κ1) is 31.1. The topological polar surface area (TPSA) is 79.1 Å². The van der Waals surface area contributed by atoms with Gasteiger partial charge in [-0.25, -0.2) is 9.79 Å². The predicted octanol–water partition coefficient (Wildman–Crippen LogP) is 6.85. The van der Waals surface area contributed by atoms with Gasteiger partial charge in [-0.2, -0.15) is 0 Å². The maximum Gasteiger partial charge on any atom is 0.338 e. The summed E-state index contributed by atoms with van der Waals surface area (Å²) in [5.74, 6) is 0.667. The molecule has 222 valence electrons.